The highest BCUT2D eigenvalue weighted by Gasteiger charge is 2.03. The zero-order valence-electron chi connectivity index (χ0n) is 7.87. The van der Waals surface area contributed by atoms with E-state index in [-0.39, 0.29) is 12.1 Å². The van der Waals surface area contributed by atoms with Gasteiger partial charge < -0.3 is 9.47 Å². The monoisotopic (exact) mass is 172 g/mol. The predicted octanol–water partition coefficient (Wildman–Crippen LogP) is 1.53. The Kier molecular flexibility index (Phi) is 6.38. The molecule has 0 rings (SSSR count). The van der Waals surface area contributed by atoms with Gasteiger partial charge in [-0.1, -0.05) is 6.08 Å². The van der Waals surface area contributed by atoms with Crippen LogP contribution in [0.25, 0.3) is 0 Å². The fourth-order valence-electron chi connectivity index (χ4n) is 0.716. The van der Waals surface area contributed by atoms with Gasteiger partial charge >= 0.3 is 5.97 Å². The number of carbonyl (C=O) groups excluding carboxylic acids is 1. The number of hydrogen-bond donors (Lipinski definition) is 0. The quantitative estimate of drug-likeness (QED) is 0.466. The summed E-state index contributed by atoms with van der Waals surface area (Å²) in [5.41, 5.74) is 0. The number of ether oxygens (including phenoxy) is 2. The number of hydrogen-bond acceptors (Lipinski definition) is 3. The summed E-state index contributed by atoms with van der Waals surface area (Å²) in [6.45, 7) is 6.50. The minimum Gasteiger partial charge on any atom is -0.460 e. The topological polar surface area (TPSA) is 35.5 Å². The Balaban J connectivity index is 3.46. The molecule has 0 N–H and O–H groups in total. The molecule has 0 amide bonds. The second-order valence-corrected chi connectivity index (χ2v) is 2.40. The van der Waals surface area contributed by atoms with Crippen molar-refractivity contribution in [1.82, 2.24) is 0 Å². The molecule has 1 atom stereocenters. The van der Waals surface area contributed by atoms with E-state index >= 15 is 0 Å². The molecule has 0 heterocycles. The minimum absolute atomic E-state index is 0.0239. The molecule has 3 heteroatoms. The zero-order chi connectivity index (χ0) is 9.40. The Morgan fingerprint density at radius 3 is 2.75 bits per heavy atom. The van der Waals surface area contributed by atoms with Gasteiger partial charge in [-0.3, -0.25) is 0 Å². The molecule has 0 bridgehead atoms. The minimum atomic E-state index is -0.316. The van der Waals surface area contributed by atoms with Crippen LogP contribution in [0.5, 0.6) is 0 Å². The first-order chi connectivity index (χ1) is 5.70. The Bertz CT molecular complexity index is 152. The van der Waals surface area contributed by atoms with Gasteiger partial charge in [0.05, 0.1) is 6.10 Å². The van der Waals surface area contributed by atoms with Crippen LogP contribution in [-0.4, -0.2) is 25.3 Å². The number of rotatable bonds is 5. The third-order valence-corrected chi connectivity index (χ3v) is 1.21. The van der Waals surface area contributed by atoms with Crippen molar-refractivity contribution in [2.75, 3.05) is 13.2 Å². The standard InChI is InChI=1S/C9H16O3/c1-4-6-9(10)12-7-8(3)11-5-2/h4,6,8H,5,7H2,1-3H3. The summed E-state index contributed by atoms with van der Waals surface area (Å²) in [6.07, 6.45) is 3.01. The summed E-state index contributed by atoms with van der Waals surface area (Å²) in [7, 11) is 0. The van der Waals surface area contributed by atoms with Crippen LogP contribution in [0.1, 0.15) is 20.8 Å². The van der Waals surface area contributed by atoms with E-state index in [1.165, 1.54) is 6.08 Å². The molecule has 0 fully saturated rings. The van der Waals surface area contributed by atoms with E-state index in [4.69, 9.17) is 9.47 Å². The van der Waals surface area contributed by atoms with E-state index in [0.29, 0.717) is 13.2 Å². The lowest BCUT2D eigenvalue weighted by Crippen LogP contribution is -2.17. The van der Waals surface area contributed by atoms with Crippen LogP contribution in [0.15, 0.2) is 12.2 Å². The van der Waals surface area contributed by atoms with Gasteiger partial charge in [-0.05, 0) is 20.8 Å². The molecule has 0 radical (unpaired) electrons. The summed E-state index contributed by atoms with van der Waals surface area (Å²) in [5.74, 6) is -0.316. The molecule has 0 spiro atoms. The van der Waals surface area contributed by atoms with Crippen LogP contribution >= 0.6 is 0 Å². The largest absolute Gasteiger partial charge is 0.460 e. The van der Waals surface area contributed by atoms with Gasteiger partial charge in [-0.2, -0.15) is 0 Å². The van der Waals surface area contributed by atoms with E-state index in [2.05, 4.69) is 0 Å². The first kappa shape index (κ1) is 11.2. The predicted molar refractivity (Wildman–Crippen MR) is 46.9 cm³/mol. The molecule has 0 aliphatic rings. The lowest BCUT2D eigenvalue weighted by Gasteiger charge is -2.10. The van der Waals surface area contributed by atoms with Gasteiger partial charge in [0.15, 0.2) is 0 Å². The van der Waals surface area contributed by atoms with Crippen molar-refractivity contribution in [2.45, 2.75) is 26.9 Å². The fourth-order valence-corrected chi connectivity index (χ4v) is 0.716. The van der Waals surface area contributed by atoms with Gasteiger partial charge in [0.1, 0.15) is 6.61 Å². The highest BCUT2D eigenvalue weighted by Crippen LogP contribution is 1.92. The van der Waals surface area contributed by atoms with Crippen molar-refractivity contribution < 1.29 is 14.3 Å². The normalized spacial score (nSPS) is 13.2. The Morgan fingerprint density at radius 2 is 2.25 bits per heavy atom. The zero-order valence-corrected chi connectivity index (χ0v) is 7.87. The molecule has 0 aromatic heterocycles. The molecule has 0 aliphatic heterocycles. The number of esters is 1. The van der Waals surface area contributed by atoms with Crippen molar-refractivity contribution in [2.24, 2.45) is 0 Å². The SMILES string of the molecule is CC=CC(=O)OCC(C)OCC. The second kappa shape index (κ2) is 6.85. The molecule has 0 saturated heterocycles. The maximum atomic E-state index is 10.8. The average molecular weight is 172 g/mol. The molecular weight excluding hydrogens is 156 g/mol. The Labute approximate surface area is 73.4 Å². The van der Waals surface area contributed by atoms with Crippen molar-refractivity contribution in [3.8, 4) is 0 Å². The Morgan fingerprint density at radius 1 is 1.58 bits per heavy atom. The Hall–Kier alpha value is -0.830. The molecule has 12 heavy (non-hydrogen) atoms. The maximum absolute atomic E-state index is 10.8. The van der Waals surface area contributed by atoms with Crippen molar-refractivity contribution in [3.63, 3.8) is 0 Å². The van der Waals surface area contributed by atoms with Crippen LogP contribution in [0.4, 0.5) is 0 Å². The molecule has 0 saturated carbocycles. The van der Waals surface area contributed by atoms with Crippen molar-refractivity contribution >= 4 is 5.97 Å². The van der Waals surface area contributed by atoms with Gasteiger partial charge in [0, 0.05) is 12.7 Å². The number of carbonyl (C=O) groups is 1. The third kappa shape index (κ3) is 5.92. The third-order valence-electron chi connectivity index (χ3n) is 1.21. The van der Waals surface area contributed by atoms with E-state index in [1.54, 1.807) is 13.0 Å². The summed E-state index contributed by atoms with van der Waals surface area (Å²) in [6, 6.07) is 0. The van der Waals surface area contributed by atoms with Crippen LogP contribution < -0.4 is 0 Å². The summed E-state index contributed by atoms with van der Waals surface area (Å²) < 4.78 is 10.0. The second-order valence-electron chi connectivity index (χ2n) is 2.40. The number of allylic oxidation sites excluding steroid dienone is 1. The first-order valence-electron chi connectivity index (χ1n) is 4.11. The van der Waals surface area contributed by atoms with Gasteiger partial charge in [0.25, 0.3) is 0 Å². The van der Waals surface area contributed by atoms with Crippen LogP contribution in [-0.2, 0) is 14.3 Å². The van der Waals surface area contributed by atoms with E-state index in [0.717, 1.165) is 0 Å². The van der Waals surface area contributed by atoms with Gasteiger partial charge in [0.2, 0.25) is 0 Å². The molecule has 0 aromatic rings. The molecule has 0 aromatic carbocycles. The average Bonchev–Trinajstić information content (AvgIpc) is 2.02. The molecule has 3 nitrogen and oxygen atoms in total. The molecule has 1 unspecified atom stereocenters. The lowest BCUT2D eigenvalue weighted by molar-refractivity contribution is -0.141. The van der Waals surface area contributed by atoms with Crippen molar-refractivity contribution in [3.05, 3.63) is 12.2 Å². The van der Waals surface area contributed by atoms with E-state index < -0.39 is 0 Å². The van der Waals surface area contributed by atoms with E-state index in [1.807, 2.05) is 13.8 Å². The van der Waals surface area contributed by atoms with Crippen molar-refractivity contribution in [1.29, 1.82) is 0 Å². The molecule has 70 valence electrons. The highest BCUT2D eigenvalue weighted by atomic mass is 16.6. The summed E-state index contributed by atoms with van der Waals surface area (Å²) >= 11 is 0. The summed E-state index contributed by atoms with van der Waals surface area (Å²) in [5, 5.41) is 0. The molecule has 0 aliphatic carbocycles. The van der Waals surface area contributed by atoms with Gasteiger partial charge in [-0.15, -0.1) is 0 Å². The molecular formula is C9H16O3. The first-order valence-corrected chi connectivity index (χ1v) is 4.11. The fraction of sp³-hybridized carbons (Fsp3) is 0.667. The van der Waals surface area contributed by atoms with E-state index in [9.17, 15) is 4.79 Å². The van der Waals surface area contributed by atoms with Gasteiger partial charge in [-0.25, -0.2) is 4.79 Å². The summed E-state index contributed by atoms with van der Waals surface area (Å²) in [4.78, 5) is 10.8. The van der Waals surface area contributed by atoms with Crippen LogP contribution in [0, 0.1) is 0 Å². The maximum Gasteiger partial charge on any atom is 0.330 e. The van der Waals surface area contributed by atoms with Crippen LogP contribution in [0.2, 0.25) is 0 Å². The lowest BCUT2D eigenvalue weighted by atomic mass is 10.4. The smallest absolute Gasteiger partial charge is 0.330 e. The highest BCUT2D eigenvalue weighted by molar-refractivity contribution is 5.81. The van der Waals surface area contributed by atoms with Crippen LogP contribution in [0.3, 0.4) is 0 Å².